The van der Waals surface area contributed by atoms with Gasteiger partial charge in [0.2, 0.25) is 5.91 Å². The van der Waals surface area contributed by atoms with Crippen LogP contribution in [0.3, 0.4) is 0 Å². The average molecular weight is 225 g/mol. The Morgan fingerprint density at radius 1 is 1.31 bits per heavy atom. The van der Waals surface area contributed by atoms with Crippen LogP contribution in [0.2, 0.25) is 0 Å². The zero-order chi connectivity index (χ0) is 11.4. The van der Waals surface area contributed by atoms with Gasteiger partial charge in [-0.05, 0) is 45.2 Å². The number of rotatable bonds is 6. The molecular weight excluding hydrogens is 202 g/mol. The molecule has 2 rings (SSSR count). The lowest BCUT2D eigenvalue weighted by molar-refractivity contribution is -0.118. The van der Waals surface area contributed by atoms with E-state index in [1.54, 1.807) is 0 Å². The SMILES string of the molecule is NC(=O)CCCCNC1CCN2CCCC12. The first-order valence-electron chi connectivity index (χ1n) is 6.53. The number of fused-ring (bicyclic) bond motifs is 1. The highest BCUT2D eigenvalue weighted by Crippen LogP contribution is 2.27. The van der Waals surface area contributed by atoms with E-state index < -0.39 is 0 Å². The van der Waals surface area contributed by atoms with Gasteiger partial charge in [-0.3, -0.25) is 9.69 Å². The van der Waals surface area contributed by atoms with E-state index in [0.717, 1.165) is 25.4 Å². The molecule has 3 N–H and O–H groups in total. The molecule has 16 heavy (non-hydrogen) atoms. The molecule has 2 unspecified atom stereocenters. The monoisotopic (exact) mass is 225 g/mol. The van der Waals surface area contributed by atoms with Gasteiger partial charge in [-0.15, -0.1) is 0 Å². The molecule has 0 aliphatic carbocycles. The van der Waals surface area contributed by atoms with Crippen LogP contribution in [0, 0.1) is 0 Å². The van der Waals surface area contributed by atoms with Gasteiger partial charge >= 0.3 is 0 Å². The van der Waals surface area contributed by atoms with Gasteiger partial charge in [-0.1, -0.05) is 0 Å². The van der Waals surface area contributed by atoms with Crippen LogP contribution in [-0.2, 0) is 4.79 Å². The molecule has 0 spiro atoms. The fraction of sp³-hybridized carbons (Fsp3) is 0.917. The van der Waals surface area contributed by atoms with Crippen molar-refractivity contribution in [2.45, 2.75) is 50.6 Å². The van der Waals surface area contributed by atoms with Crippen molar-refractivity contribution >= 4 is 5.91 Å². The van der Waals surface area contributed by atoms with E-state index in [1.807, 2.05) is 0 Å². The topological polar surface area (TPSA) is 58.4 Å². The number of carbonyl (C=O) groups excluding carboxylic acids is 1. The lowest BCUT2D eigenvalue weighted by Crippen LogP contribution is -2.39. The van der Waals surface area contributed by atoms with E-state index in [1.165, 1.54) is 32.4 Å². The third-order valence-electron chi connectivity index (χ3n) is 3.86. The van der Waals surface area contributed by atoms with Crippen LogP contribution in [-0.4, -0.2) is 42.5 Å². The Bertz CT molecular complexity index is 244. The quantitative estimate of drug-likeness (QED) is 0.646. The minimum Gasteiger partial charge on any atom is -0.370 e. The third kappa shape index (κ3) is 2.95. The Hall–Kier alpha value is -0.610. The fourth-order valence-corrected chi connectivity index (χ4v) is 3.03. The number of hydrogen-bond acceptors (Lipinski definition) is 3. The number of amides is 1. The van der Waals surface area contributed by atoms with Crippen molar-refractivity contribution in [2.24, 2.45) is 5.73 Å². The van der Waals surface area contributed by atoms with Gasteiger partial charge in [0.05, 0.1) is 0 Å². The van der Waals surface area contributed by atoms with E-state index in [4.69, 9.17) is 5.73 Å². The Morgan fingerprint density at radius 2 is 2.19 bits per heavy atom. The second kappa shape index (κ2) is 5.64. The fourth-order valence-electron chi connectivity index (χ4n) is 3.03. The summed E-state index contributed by atoms with van der Waals surface area (Å²) >= 11 is 0. The molecule has 2 fully saturated rings. The van der Waals surface area contributed by atoms with Crippen molar-refractivity contribution in [1.29, 1.82) is 0 Å². The lowest BCUT2D eigenvalue weighted by Gasteiger charge is -2.21. The maximum atomic E-state index is 10.6. The van der Waals surface area contributed by atoms with Crippen LogP contribution in [0.5, 0.6) is 0 Å². The first-order chi connectivity index (χ1) is 7.77. The second-order valence-electron chi connectivity index (χ2n) is 5.02. The number of nitrogens with two attached hydrogens (primary N) is 1. The molecule has 0 aromatic rings. The minimum absolute atomic E-state index is 0.178. The summed E-state index contributed by atoms with van der Waals surface area (Å²) in [5.74, 6) is -0.178. The number of nitrogens with zero attached hydrogens (tertiary/aromatic N) is 1. The summed E-state index contributed by atoms with van der Waals surface area (Å²) in [5.41, 5.74) is 5.10. The van der Waals surface area contributed by atoms with E-state index in [9.17, 15) is 4.79 Å². The van der Waals surface area contributed by atoms with Crippen molar-refractivity contribution in [3.8, 4) is 0 Å². The summed E-state index contributed by atoms with van der Waals surface area (Å²) in [6.45, 7) is 3.59. The summed E-state index contributed by atoms with van der Waals surface area (Å²) in [4.78, 5) is 13.2. The van der Waals surface area contributed by atoms with Gasteiger partial charge in [0, 0.05) is 25.0 Å². The average Bonchev–Trinajstić information content (AvgIpc) is 2.80. The molecule has 0 aromatic carbocycles. The summed E-state index contributed by atoms with van der Waals surface area (Å²) in [6, 6.07) is 1.48. The molecule has 4 heteroatoms. The Balaban J connectivity index is 1.58. The standard InChI is InChI=1S/C12H23N3O/c13-12(16)5-1-2-7-14-10-6-9-15-8-3-4-11(10)15/h10-11,14H,1-9H2,(H2,13,16). The predicted octanol–water partition coefficient (Wildman–Crippen LogP) is 0.468. The molecule has 0 bridgehead atoms. The van der Waals surface area contributed by atoms with Gasteiger partial charge in [-0.2, -0.15) is 0 Å². The number of nitrogens with one attached hydrogen (secondary N) is 1. The van der Waals surface area contributed by atoms with E-state index in [0.29, 0.717) is 12.5 Å². The smallest absolute Gasteiger partial charge is 0.217 e. The summed E-state index contributed by atoms with van der Waals surface area (Å²) in [5, 5.41) is 3.63. The second-order valence-corrected chi connectivity index (χ2v) is 5.02. The van der Waals surface area contributed by atoms with Crippen LogP contribution < -0.4 is 11.1 Å². The molecule has 2 heterocycles. The first-order valence-corrected chi connectivity index (χ1v) is 6.53. The molecule has 4 nitrogen and oxygen atoms in total. The van der Waals surface area contributed by atoms with Crippen molar-refractivity contribution < 1.29 is 4.79 Å². The van der Waals surface area contributed by atoms with Crippen molar-refractivity contribution in [3.63, 3.8) is 0 Å². The highest BCUT2D eigenvalue weighted by Gasteiger charge is 2.36. The lowest BCUT2D eigenvalue weighted by atomic mass is 10.1. The normalized spacial score (nSPS) is 29.5. The molecule has 2 atom stereocenters. The highest BCUT2D eigenvalue weighted by atomic mass is 16.1. The molecule has 2 aliphatic heterocycles. The number of hydrogen-bond donors (Lipinski definition) is 2. The summed E-state index contributed by atoms with van der Waals surface area (Å²) < 4.78 is 0. The number of primary amides is 1. The van der Waals surface area contributed by atoms with E-state index in [2.05, 4.69) is 10.2 Å². The largest absolute Gasteiger partial charge is 0.370 e. The van der Waals surface area contributed by atoms with Crippen LogP contribution in [0.15, 0.2) is 0 Å². The number of carbonyl (C=O) groups is 1. The maximum absolute atomic E-state index is 10.6. The first kappa shape index (κ1) is 11.9. The molecular formula is C12H23N3O. The van der Waals surface area contributed by atoms with Crippen LogP contribution in [0.4, 0.5) is 0 Å². The van der Waals surface area contributed by atoms with Crippen molar-refractivity contribution in [2.75, 3.05) is 19.6 Å². The maximum Gasteiger partial charge on any atom is 0.217 e. The Kier molecular flexibility index (Phi) is 4.18. The number of unbranched alkanes of at least 4 members (excludes halogenated alkanes) is 1. The Labute approximate surface area is 97.6 Å². The van der Waals surface area contributed by atoms with Gasteiger partial charge in [-0.25, -0.2) is 0 Å². The zero-order valence-corrected chi connectivity index (χ0v) is 9.95. The van der Waals surface area contributed by atoms with E-state index >= 15 is 0 Å². The third-order valence-corrected chi connectivity index (χ3v) is 3.86. The Morgan fingerprint density at radius 3 is 3.00 bits per heavy atom. The zero-order valence-electron chi connectivity index (χ0n) is 9.95. The molecule has 2 aliphatic rings. The minimum atomic E-state index is -0.178. The van der Waals surface area contributed by atoms with E-state index in [-0.39, 0.29) is 5.91 Å². The van der Waals surface area contributed by atoms with Crippen LogP contribution in [0.1, 0.15) is 38.5 Å². The van der Waals surface area contributed by atoms with Crippen molar-refractivity contribution in [1.82, 2.24) is 10.2 Å². The molecule has 0 aromatic heterocycles. The molecule has 0 radical (unpaired) electrons. The van der Waals surface area contributed by atoms with Gasteiger partial charge in [0.25, 0.3) is 0 Å². The molecule has 92 valence electrons. The van der Waals surface area contributed by atoms with Gasteiger partial charge in [0.15, 0.2) is 0 Å². The summed E-state index contributed by atoms with van der Waals surface area (Å²) in [7, 11) is 0. The van der Waals surface area contributed by atoms with Crippen LogP contribution in [0.25, 0.3) is 0 Å². The predicted molar refractivity (Wildman–Crippen MR) is 64.0 cm³/mol. The molecule has 2 saturated heterocycles. The van der Waals surface area contributed by atoms with Gasteiger partial charge < -0.3 is 11.1 Å². The molecule has 1 amide bonds. The molecule has 0 saturated carbocycles. The highest BCUT2D eigenvalue weighted by molar-refractivity contribution is 5.73. The van der Waals surface area contributed by atoms with Crippen molar-refractivity contribution in [3.05, 3.63) is 0 Å². The van der Waals surface area contributed by atoms with Gasteiger partial charge in [0.1, 0.15) is 0 Å². The van der Waals surface area contributed by atoms with Crippen LogP contribution >= 0.6 is 0 Å². The summed E-state index contributed by atoms with van der Waals surface area (Å²) in [6.07, 6.45) is 6.53.